The molecule has 120 valence electrons. The summed E-state index contributed by atoms with van der Waals surface area (Å²) in [5.41, 5.74) is 0. The standard InChI is InChI=1S/C17H32BNO2/c1-11(2)17(18)9-7-6-8-14-15(10-13(17)5)21-16(20)19(14)12(3)4/h11-15H,6-10,18H2,1-5H3. The molecule has 2 aliphatic rings. The van der Waals surface area contributed by atoms with Gasteiger partial charge in [0.2, 0.25) is 0 Å². The monoisotopic (exact) mass is 293 g/mol. The Morgan fingerprint density at radius 3 is 2.52 bits per heavy atom. The molecule has 0 radical (unpaired) electrons. The van der Waals surface area contributed by atoms with Crippen LogP contribution in [0.5, 0.6) is 0 Å². The van der Waals surface area contributed by atoms with Crippen LogP contribution < -0.4 is 0 Å². The molecule has 4 unspecified atom stereocenters. The minimum Gasteiger partial charge on any atom is -0.444 e. The first kappa shape index (κ1) is 16.7. The summed E-state index contributed by atoms with van der Waals surface area (Å²) in [5, 5.41) is 0.354. The van der Waals surface area contributed by atoms with Crippen LogP contribution in [0.15, 0.2) is 0 Å². The highest BCUT2D eigenvalue weighted by molar-refractivity contribution is 6.15. The highest BCUT2D eigenvalue weighted by Crippen LogP contribution is 2.49. The van der Waals surface area contributed by atoms with Gasteiger partial charge in [0, 0.05) is 6.04 Å². The number of fused-ring (bicyclic) bond motifs is 1. The second-order valence-electron chi connectivity index (χ2n) is 8.03. The van der Waals surface area contributed by atoms with Crippen molar-refractivity contribution in [1.82, 2.24) is 4.90 Å². The number of hydrogen-bond donors (Lipinski definition) is 0. The molecule has 0 aromatic heterocycles. The average molecular weight is 293 g/mol. The maximum Gasteiger partial charge on any atom is 0.410 e. The molecule has 3 nitrogen and oxygen atoms in total. The van der Waals surface area contributed by atoms with E-state index in [2.05, 4.69) is 42.5 Å². The van der Waals surface area contributed by atoms with Crippen LogP contribution in [0.3, 0.4) is 0 Å². The fourth-order valence-corrected chi connectivity index (χ4v) is 4.29. The molecule has 1 aliphatic heterocycles. The molecule has 2 fully saturated rings. The van der Waals surface area contributed by atoms with Crippen molar-refractivity contribution in [2.75, 3.05) is 0 Å². The fourth-order valence-electron chi connectivity index (χ4n) is 4.29. The second kappa shape index (κ2) is 6.22. The minimum absolute atomic E-state index is 0.0890. The van der Waals surface area contributed by atoms with Crippen LogP contribution in [-0.4, -0.2) is 37.0 Å². The predicted octanol–water partition coefficient (Wildman–Crippen LogP) is 3.63. The summed E-state index contributed by atoms with van der Waals surface area (Å²) in [7, 11) is 2.43. The van der Waals surface area contributed by atoms with E-state index in [0.29, 0.717) is 17.2 Å². The van der Waals surface area contributed by atoms with Crippen molar-refractivity contribution < 1.29 is 9.53 Å². The lowest BCUT2D eigenvalue weighted by Crippen LogP contribution is -2.41. The van der Waals surface area contributed by atoms with Crippen molar-refractivity contribution in [3.63, 3.8) is 0 Å². The lowest BCUT2D eigenvalue weighted by molar-refractivity contribution is 0.104. The molecule has 1 amide bonds. The molecule has 1 heterocycles. The zero-order valence-corrected chi connectivity index (χ0v) is 14.7. The molecular weight excluding hydrogens is 261 g/mol. The van der Waals surface area contributed by atoms with Crippen molar-refractivity contribution >= 4 is 13.9 Å². The van der Waals surface area contributed by atoms with Crippen LogP contribution >= 0.6 is 0 Å². The molecule has 0 spiro atoms. The van der Waals surface area contributed by atoms with Gasteiger partial charge in [-0.05, 0) is 38.5 Å². The molecule has 1 aliphatic carbocycles. The number of carbonyl (C=O) groups excluding carboxylic acids is 1. The maximum absolute atomic E-state index is 12.2. The van der Waals surface area contributed by atoms with Gasteiger partial charge in [-0.25, -0.2) is 4.79 Å². The minimum atomic E-state index is -0.0981. The summed E-state index contributed by atoms with van der Waals surface area (Å²) in [6.45, 7) is 11.2. The fraction of sp³-hybridized carbons (Fsp3) is 0.941. The first-order chi connectivity index (χ1) is 9.77. The van der Waals surface area contributed by atoms with Gasteiger partial charge in [0.15, 0.2) is 0 Å². The molecule has 1 saturated heterocycles. The number of hydrogen-bond acceptors (Lipinski definition) is 2. The molecule has 0 bridgehead atoms. The maximum atomic E-state index is 12.2. The molecule has 1 saturated carbocycles. The van der Waals surface area contributed by atoms with Crippen LogP contribution in [0.4, 0.5) is 4.79 Å². The van der Waals surface area contributed by atoms with Gasteiger partial charge in [0.05, 0.1) is 6.04 Å². The number of nitrogens with zero attached hydrogens (tertiary/aromatic N) is 1. The third-order valence-corrected chi connectivity index (χ3v) is 6.30. The number of ether oxygens (including phenoxy) is 1. The molecule has 0 aromatic rings. The van der Waals surface area contributed by atoms with Crippen molar-refractivity contribution in [1.29, 1.82) is 0 Å². The first-order valence-corrected chi connectivity index (χ1v) is 8.76. The molecule has 21 heavy (non-hydrogen) atoms. The molecule has 0 N–H and O–H groups in total. The van der Waals surface area contributed by atoms with Gasteiger partial charge in [0.1, 0.15) is 14.0 Å². The summed E-state index contributed by atoms with van der Waals surface area (Å²) in [6.07, 6.45) is 5.86. The van der Waals surface area contributed by atoms with Crippen molar-refractivity contribution in [2.24, 2.45) is 11.8 Å². The van der Waals surface area contributed by atoms with Gasteiger partial charge in [-0.1, -0.05) is 45.3 Å². The normalized spacial score (nSPS) is 38.0. The van der Waals surface area contributed by atoms with Crippen LogP contribution in [0.25, 0.3) is 0 Å². The third-order valence-electron chi connectivity index (χ3n) is 6.30. The molecule has 0 aromatic carbocycles. The van der Waals surface area contributed by atoms with Gasteiger partial charge in [-0.2, -0.15) is 0 Å². The Morgan fingerprint density at radius 2 is 1.95 bits per heavy atom. The molecule has 4 atom stereocenters. The highest BCUT2D eigenvalue weighted by Gasteiger charge is 2.46. The van der Waals surface area contributed by atoms with Gasteiger partial charge in [0.25, 0.3) is 0 Å². The number of carbonyl (C=O) groups is 1. The van der Waals surface area contributed by atoms with Crippen molar-refractivity contribution in [2.45, 2.75) is 90.2 Å². The van der Waals surface area contributed by atoms with Crippen molar-refractivity contribution in [3.8, 4) is 0 Å². The van der Waals surface area contributed by atoms with Crippen LogP contribution in [0.2, 0.25) is 5.31 Å². The van der Waals surface area contributed by atoms with E-state index in [1.54, 1.807) is 0 Å². The van der Waals surface area contributed by atoms with Gasteiger partial charge in [-0.3, -0.25) is 4.90 Å². The van der Waals surface area contributed by atoms with Gasteiger partial charge < -0.3 is 4.74 Å². The summed E-state index contributed by atoms with van der Waals surface area (Å²) in [6, 6.07) is 0.523. The summed E-state index contributed by atoms with van der Waals surface area (Å²) < 4.78 is 5.76. The van der Waals surface area contributed by atoms with E-state index in [9.17, 15) is 4.79 Å². The predicted molar refractivity (Wildman–Crippen MR) is 89.4 cm³/mol. The van der Waals surface area contributed by atoms with Crippen molar-refractivity contribution in [3.05, 3.63) is 0 Å². The first-order valence-electron chi connectivity index (χ1n) is 8.76. The molecule has 4 heteroatoms. The van der Waals surface area contributed by atoms with E-state index < -0.39 is 0 Å². The Balaban J connectivity index is 2.21. The summed E-state index contributed by atoms with van der Waals surface area (Å²) in [4.78, 5) is 14.2. The van der Waals surface area contributed by atoms with Gasteiger partial charge in [-0.15, -0.1) is 0 Å². The largest absolute Gasteiger partial charge is 0.444 e. The second-order valence-corrected chi connectivity index (χ2v) is 8.03. The van der Waals surface area contributed by atoms with Crippen LogP contribution in [0, 0.1) is 11.8 Å². The molecule has 2 rings (SSSR count). The van der Waals surface area contributed by atoms with E-state index in [0.717, 1.165) is 12.8 Å². The number of rotatable bonds is 2. The number of amides is 1. The van der Waals surface area contributed by atoms with E-state index in [1.165, 1.54) is 19.3 Å². The Kier molecular flexibility index (Phi) is 4.94. The van der Waals surface area contributed by atoms with Crippen LogP contribution in [0.1, 0.15) is 66.7 Å². The average Bonchev–Trinajstić information content (AvgIpc) is 2.70. The zero-order chi connectivity index (χ0) is 15.8. The lowest BCUT2D eigenvalue weighted by atomic mass is 9.52. The third kappa shape index (κ3) is 3.09. The Morgan fingerprint density at radius 1 is 1.29 bits per heavy atom. The Hall–Kier alpha value is -0.665. The quantitative estimate of drug-likeness (QED) is 0.728. The summed E-state index contributed by atoms with van der Waals surface area (Å²) >= 11 is 0. The molecular formula is C17H32BNO2. The Labute approximate surface area is 131 Å². The SMILES string of the molecule is BC1(C(C)C)CCCCC2C(CC1C)OC(=O)N2C(C)C. The Bertz CT molecular complexity index is 385. The summed E-state index contributed by atoms with van der Waals surface area (Å²) in [5.74, 6) is 1.25. The van der Waals surface area contributed by atoms with E-state index >= 15 is 0 Å². The van der Waals surface area contributed by atoms with E-state index in [4.69, 9.17) is 4.74 Å². The van der Waals surface area contributed by atoms with E-state index in [-0.39, 0.29) is 24.3 Å². The van der Waals surface area contributed by atoms with E-state index in [1.807, 2.05) is 4.90 Å². The zero-order valence-electron chi connectivity index (χ0n) is 14.7. The van der Waals surface area contributed by atoms with Crippen LogP contribution in [-0.2, 0) is 4.74 Å². The smallest absolute Gasteiger partial charge is 0.410 e. The highest BCUT2D eigenvalue weighted by atomic mass is 16.6. The lowest BCUT2D eigenvalue weighted by Gasteiger charge is -2.40. The topological polar surface area (TPSA) is 29.5 Å². The van der Waals surface area contributed by atoms with Gasteiger partial charge >= 0.3 is 6.09 Å².